The van der Waals surface area contributed by atoms with Crippen molar-refractivity contribution in [2.24, 2.45) is 5.92 Å². The van der Waals surface area contributed by atoms with Crippen molar-refractivity contribution in [1.29, 1.82) is 0 Å². The molecule has 1 aromatic rings. The van der Waals surface area contributed by atoms with Gasteiger partial charge in [0, 0.05) is 11.6 Å². The van der Waals surface area contributed by atoms with Gasteiger partial charge < -0.3 is 10.1 Å². The van der Waals surface area contributed by atoms with E-state index in [4.69, 9.17) is 4.74 Å². The number of allylic oxidation sites excluding steroid dienone is 2. The van der Waals surface area contributed by atoms with Crippen LogP contribution in [0.2, 0.25) is 0 Å². The highest BCUT2D eigenvalue weighted by Crippen LogP contribution is 2.26. The minimum Gasteiger partial charge on any atom is -0.447 e. The van der Waals surface area contributed by atoms with Crippen LogP contribution in [0.15, 0.2) is 42.5 Å². The maximum absolute atomic E-state index is 12.4. The molecule has 1 fully saturated rings. The zero-order valence-corrected chi connectivity index (χ0v) is 12.5. The molecule has 0 bridgehead atoms. The van der Waals surface area contributed by atoms with Gasteiger partial charge in [-0.25, -0.2) is 0 Å². The van der Waals surface area contributed by atoms with Crippen LogP contribution in [0.4, 0.5) is 0 Å². The quantitative estimate of drug-likeness (QED) is 0.672. The topological polar surface area (TPSA) is 55.4 Å². The number of carbonyl (C=O) groups excluding carboxylic acids is 2. The Morgan fingerprint density at radius 2 is 1.86 bits per heavy atom. The van der Waals surface area contributed by atoms with Gasteiger partial charge in [0.1, 0.15) is 0 Å². The Bertz CT molecular complexity index is 563. The molecule has 116 valence electrons. The average Bonchev–Trinajstić information content (AvgIpc) is 3.38. The van der Waals surface area contributed by atoms with E-state index < -0.39 is 6.10 Å². The van der Waals surface area contributed by atoms with Gasteiger partial charge in [0.15, 0.2) is 0 Å². The first-order chi connectivity index (χ1) is 10.7. The standard InChI is InChI=1S/C18H21NO3/c20-17(19-15-11-12-15)16(13-7-3-1-4-8-13)22-18(21)14-9-5-2-6-10-14/h1-5,7-8,14-16H,6,9-12H2,(H,19,20)/t14-,16-/m1/s1. The molecule has 1 N–H and O–H groups in total. The third kappa shape index (κ3) is 3.75. The number of hydrogen-bond acceptors (Lipinski definition) is 3. The van der Waals surface area contributed by atoms with Crippen LogP contribution in [0.1, 0.15) is 43.8 Å². The summed E-state index contributed by atoms with van der Waals surface area (Å²) in [5.41, 5.74) is 0.723. The molecule has 4 nitrogen and oxygen atoms in total. The lowest BCUT2D eigenvalue weighted by atomic mass is 9.94. The molecule has 3 rings (SSSR count). The lowest BCUT2D eigenvalue weighted by Crippen LogP contribution is -2.34. The molecule has 2 atom stereocenters. The summed E-state index contributed by atoms with van der Waals surface area (Å²) in [6, 6.07) is 9.48. The Kier molecular flexibility index (Phi) is 4.56. The lowest BCUT2D eigenvalue weighted by Gasteiger charge is -2.22. The number of amides is 1. The van der Waals surface area contributed by atoms with E-state index in [2.05, 4.69) is 11.4 Å². The van der Waals surface area contributed by atoms with Gasteiger partial charge in [-0.1, -0.05) is 42.5 Å². The van der Waals surface area contributed by atoms with Crippen molar-refractivity contribution in [2.75, 3.05) is 0 Å². The molecule has 0 heterocycles. The minimum absolute atomic E-state index is 0.134. The first-order valence-electron chi connectivity index (χ1n) is 7.95. The summed E-state index contributed by atoms with van der Waals surface area (Å²) in [5.74, 6) is -0.623. The second kappa shape index (κ2) is 6.77. The van der Waals surface area contributed by atoms with E-state index in [1.54, 1.807) is 0 Å². The highest BCUT2D eigenvalue weighted by atomic mass is 16.5. The van der Waals surface area contributed by atoms with E-state index in [0.717, 1.165) is 31.2 Å². The predicted molar refractivity (Wildman–Crippen MR) is 82.9 cm³/mol. The summed E-state index contributed by atoms with van der Waals surface area (Å²) in [6.07, 6.45) is 7.65. The van der Waals surface area contributed by atoms with Gasteiger partial charge in [-0.2, -0.15) is 0 Å². The van der Waals surface area contributed by atoms with E-state index in [0.29, 0.717) is 6.42 Å². The summed E-state index contributed by atoms with van der Waals surface area (Å²) in [4.78, 5) is 24.8. The van der Waals surface area contributed by atoms with Crippen molar-refractivity contribution in [2.45, 2.75) is 44.2 Å². The molecule has 0 spiro atoms. The van der Waals surface area contributed by atoms with Crippen molar-refractivity contribution >= 4 is 11.9 Å². The fourth-order valence-corrected chi connectivity index (χ4v) is 2.63. The molecule has 4 heteroatoms. The first kappa shape index (κ1) is 14.8. The van der Waals surface area contributed by atoms with Crippen molar-refractivity contribution in [3.05, 3.63) is 48.0 Å². The SMILES string of the molecule is O=C(O[C@@H](C(=O)NC1CC1)c1ccccc1)[C@@H]1CC=CCC1. The molecular formula is C18H21NO3. The summed E-state index contributed by atoms with van der Waals surface area (Å²) in [6.45, 7) is 0. The molecule has 2 aliphatic rings. The Balaban J connectivity index is 1.71. The van der Waals surface area contributed by atoms with E-state index in [1.807, 2.05) is 36.4 Å². The van der Waals surface area contributed by atoms with Gasteiger partial charge in [-0.3, -0.25) is 9.59 Å². The second-order valence-corrected chi connectivity index (χ2v) is 5.99. The lowest BCUT2D eigenvalue weighted by molar-refractivity contribution is -0.160. The molecule has 0 saturated heterocycles. The monoisotopic (exact) mass is 299 g/mol. The average molecular weight is 299 g/mol. The van der Waals surface area contributed by atoms with Crippen molar-refractivity contribution in [3.8, 4) is 0 Å². The molecule has 0 unspecified atom stereocenters. The smallest absolute Gasteiger partial charge is 0.310 e. The zero-order chi connectivity index (χ0) is 15.4. The molecule has 22 heavy (non-hydrogen) atoms. The number of benzene rings is 1. The molecule has 1 saturated carbocycles. The van der Waals surface area contributed by atoms with Gasteiger partial charge in [0.05, 0.1) is 5.92 Å². The van der Waals surface area contributed by atoms with Crippen LogP contribution in [-0.2, 0) is 14.3 Å². The van der Waals surface area contributed by atoms with E-state index >= 15 is 0 Å². The number of carbonyl (C=O) groups is 2. The summed E-state index contributed by atoms with van der Waals surface area (Å²) in [7, 11) is 0. The van der Waals surface area contributed by atoms with E-state index in [-0.39, 0.29) is 23.8 Å². The van der Waals surface area contributed by atoms with E-state index in [1.165, 1.54) is 0 Å². The fraction of sp³-hybridized carbons (Fsp3) is 0.444. The third-order valence-corrected chi connectivity index (χ3v) is 4.10. The van der Waals surface area contributed by atoms with Crippen molar-refractivity contribution in [1.82, 2.24) is 5.32 Å². The van der Waals surface area contributed by atoms with E-state index in [9.17, 15) is 9.59 Å². The normalized spacial score (nSPS) is 21.9. The number of nitrogens with one attached hydrogen (secondary N) is 1. The molecule has 0 radical (unpaired) electrons. The van der Waals surface area contributed by atoms with Gasteiger partial charge in [0.2, 0.25) is 6.10 Å². The highest BCUT2D eigenvalue weighted by Gasteiger charge is 2.32. The Morgan fingerprint density at radius 1 is 1.09 bits per heavy atom. The zero-order valence-electron chi connectivity index (χ0n) is 12.5. The minimum atomic E-state index is -0.847. The summed E-state index contributed by atoms with van der Waals surface area (Å²) >= 11 is 0. The number of rotatable bonds is 5. The van der Waals surface area contributed by atoms with Crippen LogP contribution >= 0.6 is 0 Å². The molecule has 0 aliphatic heterocycles. The maximum atomic E-state index is 12.4. The predicted octanol–water partition coefficient (Wildman–Crippen LogP) is 2.91. The Morgan fingerprint density at radius 3 is 2.50 bits per heavy atom. The molecular weight excluding hydrogens is 278 g/mol. The van der Waals surface area contributed by atoms with Gasteiger partial charge in [-0.15, -0.1) is 0 Å². The fourth-order valence-electron chi connectivity index (χ4n) is 2.63. The molecule has 2 aliphatic carbocycles. The molecule has 0 aromatic heterocycles. The third-order valence-electron chi connectivity index (χ3n) is 4.10. The second-order valence-electron chi connectivity index (χ2n) is 5.99. The molecule has 1 aromatic carbocycles. The Hall–Kier alpha value is -2.10. The van der Waals surface area contributed by atoms with Crippen LogP contribution in [-0.4, -0.2) is 17.9 Å². The summed E-state index contributed by atoms with van der Waals surface area (Å²) < 4.78 is 5.58. The first-order valence-corrected chi connectivity index (χ1v) is 7.95. The Labute approximate surface area is 130 Å². The van der Waals surface area contributed by atoms with Gasteiger partial charge >= 0.3 is 5.97 Å². The van der Waals surface area contributed by atoms with Crippen LogP contribution < -0.4 is 5.32 Å². The highest BCUT2D eigenvalue weighted by molar-refractivity contribution is 5.86. The van der Waals surface area contributed by atoms with Crippen LogP contribution in [0, 0.1) is 5.92 Å². The molecule has 1 amide bonds. The largest absolute Gasteiger partial charge is 0.447 e. The maximum Gasteiger partial charge on any atom is 0.310 e. The summed E-state index contributed by atoms with van der Waals surface area (Å²) in [5, 5.41) is 2.93. The van der Waals surface area contributed by atoms with Crippen molar-refractivity contribution in [3.63, 3.8) is 0 Å². The number of ether oxygens (including phenoxy) is 1. The van der Waals surface area contributed by atoms with Crippen molar-refractivity contribution < 1.29 is 14.3 Å². The van der Waals surface area contributed by atoms with Gasteiger partial charge in [-0.05, 0) is 32.1 Å². The van der Waals surface area contributed by atoms with Crippen LogP contribution in [0.3, 0.4) is 0 Å². The number of esters is 1. The van der Waals surface area contributed by atoms with Crippen LogP contribution in [0.5, 0.6) is 0 Å². The van der Waals surface area contributed by atoms with Crippen LogP contribution in [0.25, 0.3) is 0 Å². The van der Waals surface area contributed by atoms with Gasteiger partial charge in [0.25, 0.3) is 5.91 Å². The number of hydrogen-bond donors (Lipinski definition) is 1.